The Morgan fingerprint density at radius 1 is 1.69 bits per heavy atom. The number of imidazole rings is 1. The summed E-state index contributed by atoms with van der Waals surface area (Å²) in [5.41, 5.74) is 7.43. The molecule has 2 heterocycles. The molecule has 0 aliphatic heterocycles. The predicted molar refractivity (Wildman–Crippen MR) is 57.4 cm³/mol. The minimum absolute atomic E-state index is 0.0945. The third-order valence-electron chi connectivity index (χ3n) is 1.83. The number of aromatic nitrogens is 4. The first kappa shape index (κ1) is 10.6. The van der Waals surface area contributed by atoms with Gasteiger partial charge in [-0.3, -0.25) is 4.57 Å². The quantitative estimate of drug-likeness (QED) is 0.783. The second kappa shape index (κ2) is 4.27. The summed E-state index contributed by atoms with van der Waals surface area (Å²) in [6.45, 7) is 2.00. The zero-order chi connectivity index (χ0) is 11.5. The molecule has 8 heteroatoms. The minimum Gasteiger partial charge on any atom is -0.461 e. The summed E-state index contributed by atoms with van der Waals surface area (Å²) in [5.74, 6) is -0.335. The normalized spacial score (nSPS) is 10.3. The van der Waals surface area contributed by atoms with E-state index in [0.717, 1.165) is 0 Å². The fourth-order valence-electron chi connectivity index (χ4n) is 1.14. The van der Waals surface area contributed by atoms with E-state index in [-0.39, 0.29) is 18.1 Å². The van der Waals surface area contributed by atoms with Crippen molar-refractivity contribution in [2.45, 2.75) is 6.92 Å². The maximum absolute atomic E-state index is 11.4. The lowest BCUT2D eigenvalue weighted by atomic mass is 10.4. The summed E-state index contributed by atoms with van der Waals surface area (Å²) in [4.78, 5) is 15.3. The van der Waals surface area contributed by atoms with Gasteiger partial charge in [-0.15, -0.1) is 10.2 Å². The van der Waals surface area contributed by atoms with E-state index in [0.29, 0.717) is 5.13 Å². The second-order valence-electron chi connectivity index (χ2n) is 2.79. The number of carbonyl (C=O) groups excluding carboxylic acids is 1. The van der Waals surface area contributed by atoms with Gasteiger partial charge in [-0.05, 0) is 6.92 Å². The monoisotopic (exact) mass is 239 g/mol. The summed E-state index contributed by atoms with van der Waals surface area (Å²) in [6, 6.07) is 0. The van der Waals surface area contributed by atoms with Gasteiger partial charge in [0, 0.05) is 0 Å². The maximum atomic E-state index is 11.4. The number of ether oxygens (including phenoxy) is 1. The van der Waals surface area contributed by atoms with E-state index in [1.54, 1.807) is 12.4 Å². The third-order valence-corrected chi connectivity index (χ3v) is 2.52. The van der Waals surface area contributed by atoms with Gasteiger partial charge >= 0.3 is 5.97 Å². The molecule has 0 unspecified atom stereocenters. The Balaban J connectivity index is 2.35. The Morgan fingerprint density at radius 2 is 2.50 bits per heavy atom. The average Bonchev–Trinajstić information content (AvgIpc) is 2.86. The Labute approximate surface area is 94.9 Å². The lowest BCUT2D eigenvalue weighted by Crippen LogP contribution is -2.09. The number of anilines is 1. The SMILES string of the molecule is CCOC(=O)c1ncn(-c2nncs2)c1N. The number of hydrogen-bond donors (Lipinski definition) is 1. The first-order valence-electron chi connectivity index (χ1n) is 4.50. The Morgan fingerprint density at radius 3 is 3.12 bits per heavy atom. The molecular weight excluding hydrogens is 230 g/mol. The van der Waals surface area contributed by atoms with Crippen molar-refractivity contribution in [1.29, 1.82) is 0 Å². The topological polar surface area (TPSA) is 95.9 Å². The van der Waals surface area contributed by atoms with Crippen LogP contribution in [-0.4, -0.2) is 32.3 Å². The van der Waals surface area contributed by atoms with Crippen LogP contribution in [0.5, 0.6) is 0 Å². The largest absolute Gasteiger partial charge is 0.461 e. The molecule has 0 aliphatic rings. The molecule has 0 bridgehead atoms. The summed E-state index contributed by atoms with van der Waals surface area (Å²) < 4.78 is 6.30. The van der Waals surface area contributed by atoms with E-state index >= 15 is 0 Å². The van der Waals surface area contributed by atoms with Crippen LogP contribution in [0.3, 0.4) is 0 Å². The molecule has 2 rings (SSSR count). The van der Waals surface area contributed by atoms with Crippen LogP contribution in [0.2, 0.25) is 0 Å². The maximum Gasteiger partial charge on any atom is 0.360 e. The molecule has 2 aromatic heterocycles. The predicted octanol–water partition coefficient (Wildman–Crippen LogP) is 0.483. The van der Waals surface area contributed by atoms with E-state index in [1.807, 2.05) is 0 Å². The van der Waals surface area contributed by atoms with Gasteiger partial charge in [0.1, 0.15) is 17.7 Å². The van der Waals surface area contributed by atoms with Crippen molar-refractivity contribution < 1.29 is 9.53 Å². The molecule has 0 aromatic carbocycles. The van der Waals surface area contributed by atoms with Crippen molar-refractivity contribution in [2.24, 2.45) is 0 Å². The highest BCUT2D eigenvalue weighted by Crippen LogP contribution is 2.18. The Kier molecular flexibility index (Phi) is 2.82. The number of esters is 1. The molecule has 0 saturated heterocycles. The number of hydrogen-bond acceptors (Lipinski definition) is 7. The smallest absolute Gasteiger partial charge is 0.360 e. The molecule has 0 atom stereocenters. The van der Waals surface area contributed by atoms with Gasteiger partial charge < -0.3 is 10.5 Å². The molecular formula is C8H9N5O2S. The van der Waals surface area contributed by atoms with Gasteiger partial charge in [0.2, 0.25) is 5.13 Å². The number of nitrogens with zero attached hydrogens (tertiary/aromatic N) is 4. The highest BCUT2D eigenvalue weighted by atomic mass is 32.1. The molecule has 0 amide bonds. The fourth-order valence-corrected chi connectivity index (χ4v) is 1.68. The van der Waals surface area contributed by atoms with E-state index < -0.39 is 5.97 Å². The zero-order valence-electron chi connectivity index (χ0n) is 8.45. The van der Waals surface area contributed by atoms with Crippen LogP contribution in [0.15, 0.2) is 11.8 Å². The second-order valence-corrected chi connectivity index (χ2v) is 3.60. The Hall–Kier alpha value is -1.96. The molecule has 0 fully saturated rings. The van der Waals surface area contributed by atoms with Crippen LogP contribution in [-0.2, 0) is 4.74 Å². The van der Waals surface area contributed by atoms with Crippen molar-refractivity contribution in [3.8, 4) is 5.13 Å². The number of nitrogen functional groups attached to an aromatic ring is 1. The van der Waals surface area contributed by atoms with Crippen LogP contribution in [0.4, 0.5) is 5.82 Å². The fraction of sp³-hybridized carbons (Fsp3) is 0.250. The summed E-state index contributed by atoms with van der Waals surface area (Å²) in [6.07, 6.45) is 1.42. The lowest BCUT2D eigenvalue weighted by Gasteiger charge is -2.00. The average molecular weight is 239 g/mol. The van der Waals surface area contributed by atoms with Crippen LogP contribution in [0, 0.1) is 0 Å². The van der Waals surface area contributed by atoms with Gasteiger partial charge in [-0.1, -0.05) is 11.3 Å². The lowest BCUT2D eigenvalue weighted by molar-refractivity contribution is 0.0521. The van der Waals surface area contributed by atoms with Gasteiger partial charge in [-0.2, -0.15) is 0 Å². The third kappa shape index (κ3) is 1.74. The van der Waals surface area contributed by atoms with Crippen molar-refractivity contribution in [2.75, 3.05) is 12.3 Å². The van der Waals surface area contributed by atoms with Crippen LogP contribution >= 0.6 is 11.3 Å². The summed E-state index contributed by atoms with van der Waals surface area (Å²) >= 11 is 1.30. The molecule has 7 nitrogen and oxygen atoms in total. The van der Waals surface area contributed by atoms with Crippen LogP contribution in [0.25, 0.3) is 5.13 Å². The molecule has 0 saturated carbocycles. The first-order valence-corrected chi connectivity index (χ1v) is 5.38. The van der Waals surface area contributed by atoms with Gasteiger partial charge in [-0.25, -0.2) is 9.78 Å². The molecule has 2 aromatic rings. The van der Waals surface area contributed by atoms with Crippen molar-refractivity contribution in [1.82, 2.24) is 19.7 Å². The minimum atomic E-state index is -0.539. The summed E-state index contributed by atoms with van der Waals surface area (Å²) in [5, 5.41) is 8.06. The highest BCUT2D eigenvalue weighted by Gasteiger charge is 2.18. The van der Waals surface area contributed by atoms with Crippen molar-refractivity contribution in [3.63, 3.8) is 0 Å². The van der Waals surface area contributed by atoms with Gasteiger partial charge in [0.05, 0.1) is 6.61 Å². The van der Waals surface area contributed by atoms with Crippen LogP contribution < -0.4 is 5.73 Å². The zero-order valence-corrected chi connectivity index (χ0v) is 9.27. The number of carbonyl (C=O) groups is 1. The van der Waals surface area contributed by atoms with E-state index in [1.165, 1.54) is 22.2 Å². The van der Waals surface area contributed by atoms with Crippen molar-refractivity contribution >= 4 is 23.1 Å². The van der Waals surface area contributed by atoms with E-state index in [9.17, 15) is 4.79 Å². The molecule has 2 N–H and O–H groups in total. The highest BCUT2D eigenvalue weighted by molar-refractivity contribution is 7.11. The van der Waals surface area contributed by atoms with Crippen LogP contribution in [0.1, 0.15) is 17.4 Å². The van der Waals surface area contributed by atoms with E-state index in [4.69, 9.17) is 10.5 Å². The molecule has 84 valence electrons. The first-order chi connectivity index (χ1) is 7.74. The van der Waals surface area contributed by atoms with E-state index in [2.05, 4.69) is 15.2 Å². The van der Waals surface area contributed by atoms with Gasteiger partial charge in [0.25, 0.3) is 0 Å². The Bertz CT molecular complexity index is 493. The molecule has 16 heavy (non-hydrogen) atoms. The number of rotatable bonds is 3. The molecule has 0 spiro atoms. The summed E-state index contributed by atoms with van der Waals surface area (Å²) in [7, 11) is 0. The van der Waals surface area contributed by atoms with Gasteiger partial charge in [0.15, 0.2) is 5.69 Å². The standard InChI is InChI=1S/C8H9N5O2S/c1-2-15-7(14)5-6(9)13(3-10-5)8-12-11-4-16-8/h3-4H,2,9H2,1H3. The number of nitrogens with two attached hydrogens (primary N) is 1. The molecule has 0 radical (unpaired) electrons. The molecule has 0 aliphatic carbocycles. The van der Waals surface area contributed by atoms with Crippen molar-refractivity contribution in [3.05, 3.63) is 17.5 Å².